The van der Waals surface area contributed by atoms with Gasteiger partial charge in [0.15, 0.2) is 0 Å². The van der Waals surface area contributed by atoms with E-state index in [0.717, 1.165) is 6.42 Å². The highest BCUT2D eigenvalue weighted by Gasteiger charge is 2.38. The van der Waals surface area contributed by atoms with Crippen LogP contribution in [0.2, 0.25) is 0 Å². The maximum atomic E-state index is 12.8. The first-order valence-electron chi connectivity index (χ1n) is 8.07. The van der Waals surface area contributed by atoms with Gasteiger partial charge in [0.25, 0.3) is 5.91 Å². The quantitative estimate of drug-likeness (QED) is 0.802. The van der Waals surface area contributed by atoms with Gasteiger partial charge in [0.2, 0.25) is 5.91 Å². The predicted octanol–water partition coefficient (Wildman–Crippen LogP) is 1.88. The predicted molar refractivity (Wildman–Crippen MR) is 103 cm³/mol. The Labute approximate surface area is 161 Å². The van der Waals surface area contributed by atoms with Crippen molar-refractivity contribution in [2.45, 2.75) is 33.2 Å². The van der Waals surface area contributed by atoms with Crippen LogP contribution in [0.25, 0.3) is 0 Å². The normalized spacial score (nSPS) is 20.4. The molecule has 0 aromatic carbocycles. The minimum absolute atomic E-state index is 0. The number of carbonyl (C=O) groups is 2. The molecule has 2 heterocycles. The zero-order valence-electron chi connectivity index (χ0n) is 14.9. The van der Waals surface area contributed by atoms with Crippen molar-refractivity contribution < 1.29 is 9.59 Å². The van der Waals surface area contributed by atoms with Crippen molar-refractivity contribution >= 4 is 36.6 Å². The monoisotopic (exact) mass is 390 g/mol. The van der Waals surface area contributed by atoms with Crippen molar-refractivity contribution in [3.63, 3.8) is 0 Å². The van der Waals surface area contributed by atoms with Gasteiger partial charge in [-0.15, -0.1) is 24.8 Å². The Bertz CT molecular complexity index is 571. The summed E-state index contributed by atoms with van der Waals surface area (Å²) in [5, 5.41) is 2.83. The fourth-order valence-corrected chi connectivity index (χ4v) is 2.80. The van der Waals surface area contributed by atoms with Gasteiger partial charge >= 0.3 is 0 Å². The molecule has 1 saturated heterocycles. The molecule has 2 unspecified atom stereocenters. The van der Waals surface area contributed by atoms with Crippen LogP contribution in [-0.4, -0.2) is 47.4 Å². The molecule has 3 N–H and O–H groups in total. The minimum Gasteiger partial charge on any atom is -0.340 e. The molecule has 25 heavy (non-hydrogen) atoms. The van der Waals surface area contributed by atoms with E-state index in [4.69, 9.17) is 5.73 Å². The number of likely N-dealkylation sites (tertiary alicyclic amines) is 1. The van der Waals surface area contributed by atoms with E-state index in [9.17, 15) is 9.59 Å². The topological polar surface area (TPSA) is 88.3 Å². The van der Waals surface area contributed by atoms with Gasteiger partial charge in [0.1, 0.15) is 11.7 Å². The Kier molecular flexibility index (Phi) is 9.40. The molecule has 142 valence electrons. The lowest BCUT2D eigenvalue weighted by Gasteiger charge is -2.28. The van der Waals surface area contributed by atoms with Crippen molar-refractivity contribution in [3.05, 3.63) is 30.1 Å². The summed E-state index contributed by atoms with van der Waals surface area (Å²) in [5.41, 5.74) is 6.10. The van der Waals surface area contributed by atoms with E-state index in [1.54, 1.807) is 24.4 Å². The minimum atomic E-state index is -0.551. The largest absolute Gasteiger partial charge is 0.340 e. The molecule has 2 rings (SSSR count). The van der Waals surface area contributed by atoms with Crippen LogP contribution >= 0.6 is 24.8 Å². The number of carbonyl (C=O) groups excluding carboxylic acids is 2. The Balaban J connectivity index is 0.00000288. The zero-order valence-corrected chi connectivity index (χ0v) is 16.5. The summed E-state index contributed by atoms with van der Waals surface area (Å²) in [6, 6.07) is 4.59. The third-order valence-corrected chi connectivity index (χ3v) is 4.48. The Morgan fingerprint density at radius 2 is 2.04 bits per heavy atom. The number of nitrogens with zero attached hydrogens (tertiary/aromatic N) is 2. The van der Waals surface area contributed by atoms with E-state index in [1.165, 1.54) is 0 Å². The van der Waals surface area contributed by atoms with Gasteiger partial charge in [-0.1, -0.05) is 26.8 Å². The van der Waals surface area contributed by atoms with Crippen molar-refractivity contribution in [1.29, 1.82) is 0 Å². The van der Waals surface area contributed by atoms with Gasteiger partial charge in [-0.2, -0.15) is 0 Å². The lowest BCUT2D eigenvalue weighted by atomic mass is 9.90. The van der Waals surface area contributed by atoms with E-state index in [0.29, 0.717) is 25.3 Å². The highest BCUT2D eigenvalue weighted by atomic mass is 35.5. The van der Waals surface area contributed by atoms with Crippen molar-refractivity contribution in [2.75, 3.05) is 19.6 Å². The molecule has 1 aliphatic rings. The average Bonchev–Trinajstić information content (AvgIpc) is 2.95. The summed E-state index contributed by atoms with van der Waals surface area (Å²) < 4.78 is 0. The number of halogens is 2. The van der Waals surface area contributed by atoms with Crippen molar-refractivity contribution in [2.24, 2.45) is 17.1 Å². The maximum Gasteiger partial charge on any atom is 0.270 e. The van der Waals surface area contributed by atoms with E-state index < -0.39 is 6.04 Å². The molecule has 0 bridgehead atoms. The first kappa shape index (κ1) is 23.6. The molecule has 1 aromatic rings. The molecule has 2 atom stereocenters. The summed E-state index contributed by atoms with van der Waals surface area (Å²) in [4.78, 5) is 31.0. The van der Waals surface area contributed by atoms with Crippen LogP contribution in [-0.2, 0) is 4.79 Å². The Morgan fingerprint density at radius 3 is 2.52 bits per heavy atom. The van der Waals surface area contributed by atoms with Crippen LogP contribution in [0, 0.1) is 11.3 Å². The average molecular weight is 391 g/mol. The Morgan fingerprint density at radius 1 is 1.36 bits per heavy atom. The summed E-state index contributed by atoms with van der Waals surface area (Å²) >= 11 is 0. The van der Waals surface area contributed by atoms with Gasteiger partial charge in [-0.3, -0.25) is 14.6 Å². The lowest BCUT2D eigenvalue weighted by Crippen LogP contribution is -2.51. The van der Waals surface area contributed by atoms with Crippen LogP contribution in [0.3, 0.4) is 0 Å². The van der Waals surface area contributed by atoms with Gasteiger partial charge in [-0.25, -0.2) is 0 Å². The molecule has 1 fully saturated rings. The zero-order chi connectivity index (χ0) is 17.0. The first-order chi connectivity index (χ1) is 10.9. The van der Waals surface area contributed by atoms with Gasteiger partial charge in [-0.05, 0) is 36.4 Å². The smallest absolute Gasteiger partial charge is 0.270 e. The van der Waals surface area contributed by atoms with Crippen LogP contribution in [0.4, 0.5) is 0 Å². The van der Waals surface area contributed by atoms with E-state index in [1.807, 2.05) is 18.7 Å². The molecule has 0 radical (unpaired) electrons. The third kappa shape index (κ3) is 5.83. The molecule has 0 saturated carbocycles. The van der Waals surface area contributed by atoms with E-state index in [-0.39, 0.29) is 48.0 Å². The van der Waals surface area contributed by atoms with Crippen molar-refractivity contribution in [3.8, 4) is 0 Å². The van der Waals surface area contributed by atoms with Crippen LogP contribution < -0.4 is 11.1 Å². The number of hydrogen-bond donors (Lipinski definition) is 2. The molecule has 1 aromatic heterocycles. The number of nitrogens with two attached hydrogens (primary N) is 1. The van der Waals surface area contributed by atoms with Gasteiger partial charge < -0.3 is 16.0 Å². The number of amides is 2. The first-order valence-corrected chi connectivity index (χ1v) is 8.07. The molecular weight excluding hydrogens is 363 g/mol. The fourth-order valence-electron chi connectivity index (χ4n) is 2.80. The number of pyridine rings is 1. The highest BCUT2D eigenvalue weighted by molar-refractivity contribution is 5.96. The second kappa shape index (κ2) is 9.94. The van der Waals surface area contributed by atoms with E-state index >= 15 is 0 Å². The summed E-state index contributed by atoms with van der Waals surface area (Å²) in [7, 11) is 0. The number of rotatable bonds is 5. The van der Waals surface area contributed by atoms with Crippen LogP contribution in [0.15, 0.2) is 24.4 Å². The third-order valence-electron chi connectivity index (χ3n) is 4.48. The second-order valence-corrected chi connectivity index (χ2v) is 6.93. The van der Waals surface area contributed by atoms with Crippen LogP contribution in [0.5, 0.6) is 0 Å². The van der Waals surface area contributed by atoms with Crippen LogP contribution in [0.1, 0.15) is 37.7 Å². The molecule has 2 amide bonds. The molecule has 6 nitrogen and oxygen atoms in total. The standard InChI is InChI=1S/C17H26N4O2.2ClH/c1-12(2)14(20-15(22)13-6-4-5-8-19-13)16(23)21-9-7-17(3,10-18)11-21;;/h4-6,8,12,14H,7,9-11,18H2,1-3H3,(H,20,22);2*1H. The summed E-state index contributed by atoms with van der Waals surface area (Å²) in [5.74, 6) is -0.361. The van der Waals surface area contributed by atoms with Gasteiger partial charge in [0.05, 0.1) is 0 Å². The number of nitrogens with one attached hydrogen (secondary N) is 1. The van der Waals surface area contributed by atoms with E-state index in [2.05, 4.69) is 17.2 Å². The highest BCUT2D eigenvalue weighted by Crippen LogP contribution is 2.29. The maximum absolute atomic E-state index is 12.8. The molecule has 0 spiro atoms. The SMILES string of the molecule is CC(C)C(NC(=O)c1ccccn1)C(=O)N1CCC(C)(CN)C1.Cl.Cl. The number of aromatic nitrogens is 1. The fraction of sp³-hybridized carbons (Fsp3) is 0.588. The molecule has 1 aliphatic heterocycles. The molecule has 0 aliphatic carbocycles. The summed E-state index contributed by atoms with van der Waals surface area (Å²) in [6.45, 7) is 7.85. The Hall–Kier alpha value is -1.37. The number of hydrogen-bond acceptors (Lipinski definition) is 4. The van der Waals surface area contributed by atoms with Crippen molar-refractivity contribution in [1.82, 2.24) is 15.2 Å². The second-order valence-electron chi connectivity index (χ2n) is 6.93. The lowest BCUT2D eigenvalue weighted by molar-refractivity contribution is -0.133. The summed E-state index contributed by atoms with van der Waals surface area (Å²) in [6.07, 6.45) is 2.46. The molecular formula is C17H28Cl2N4O2. The van der Waals surface area contributed by atoms with Gasteiger partial charge in [0, 0.05) is 19.3 Å². The molecule has 8 heteroatoms.